The fourth-order valence-corrected chi connectivity index (χ4v) is 2.66. The van der Waals surface area contributed by atoms with Gasteiger partial charge in [0.15, 0.2) is 0 Å². The third-order valence-electron chi connectivity index (χ3n) is 4.27. The Balaban J connectivity index is 1.60. The normalized spacial score (nSPS) is 11.4. The molecule has 0 aliphatic carbocycles. The summed E-state index contributed by atoms with van der Waals surface area (Å²) in [5.41, 5.74) is 1.33. The highest BCUT2D eigenvalue weighted by atomic mass is 16.5. The van der Waals surface area contributed by atoms with Crippen LogP contribution in [0.1, 0.15) is 46.2 Å². The Hall–Kier alpha value is -3.64. The highest BCUT2D eigenvalue weighted by Crippen LogP contribution is 2.20. The second kappa shape index (κ2) is 9.71. The lowest BCUT2D eigenvalue weighted by atomic mass is 10.1. The Kier molecular flexibility index (Phi) is 6.83. The minimum absolute atomic E-state index is 0.298. The first kappa shape index (κ1) is 21.1. The fraction of sp³-hybridized carbons (Fsp3) is 0.167. The van der Waals surface area contributed by atoms with E-state index < -0.39 is 18.0 Å². The molecule has 0 spiro atoms. The molecule has 0 radical (unpaired) electrons. The van der Waals surface area contributed by atoms with Gasteiger partial charge in [0, 0.05) is 0 Å². The standard InChI is InChI=1S/C24H22O6/c1-3-28-20-12-14-22(15-13-20)30-24(27)19-6-4-18(5-7-19)23(26)29-21-10-8-17(9-11-21)16(2)25/h4-16,25H,3H2,1-2H3. The van der Waals surface area contributed by atoms with Crippen molar-refractivity contribution in [3.63, 3.8) is 0 Å². The molecule has 6 heteroatoms. The SMILES string of the molecule is CCOc1ccc(OC(=O)c2ccc(C(=O)Oc3ccc(C(C)O)cc3)cc2)cc1. The molecule has 6 nitrogen and oxygen atoms in total. The molecule has 0 amide bonds. The Bertz CT molecular complexity index is 989. The van der Waals surface area contributed by atoms with E-state index in [0.717, 1.165) is 5.56 Å². The average molecular weight is 406 g/mol. The number of aliphatic hydroxyl groups is 1. The van der Waals surface area contributed by atoms with Crippen LogP contribution in [0.15, 0.2) is 72.8 Å². The number of rotatable bonds is 7. The van der Waals surface area contributed by atoms with Crippen molar-refractivity contribution in [2.24, 2.45) is 0 Å². The van der Waals surface area contributed by atoms with Crippen LogP contribution in [-0.4, -0.2) is 23.7 Å². The van der Waals surface area contributed by atoms with Crippen molar-refractivity contribution >= 4 is 11.9 Å². The minimum Gasteiger partial charge on any atom is -0.494 e. The van der Waals surface area contributed by atoms with Crippen molar-refractivity contribution in [2.75, 3.05) is 6.61 Å². The highest BCUT2D eigenvalue weighted by molar-refractivity contribution is 5.94. The Morgan fingerprint density at radius 1 is 0.733 bits per heavy atom. The molecule has 0 bridgehead atoms. The van der Waals surface area contributed by atoms with Crippen LogP contribution in [0.3, 0.4) is 0 Å². The number of hydrogen-bond donors (Lipinski definition) is 1. The van der Waals surface area contributed by atoms with E-state index in [0.29, 0.717) is 35.0 Å². The van der Waals surface area contributed by atoms with Gasteiger partial charge < -0.3 is 19.3 Å². The maximum absolute atomic E-state index is 12.3. The van der Waals surface area contributed by atoms with Crippen molar-refractivity contribution in [1.82, 2.24) is 0 Å². The Labute approximate surface area is 174 Å². The summed E-state index contributed by atoms with van der Waals surface area (Å²) in [5.74, 6) is 0.371. The topological polar surface area (TPSA) is 82.1 Å². The molecule has 0 saturated heterocycles. The number of ether oxygens (including phenoxy) is 3. The first-order valence-electron chi connectivity index (χ1n) is 9.51. The van der Waals surface area contributed by atoms with Crippen molar-refractivity contribution in [3.05, 3.63) is 89.5 Å². The van der Waals surface area contributed by atoms with Gasteiger partial charge >= 0.3 is 11.9 Å². The summed E-state index contributed by atoms with van der Waals surface area (Å²) in [4.78, 5) is 24.6. The molecule has 154 valence electrons. The molecule has 30 heavy (non-hydrogen) atoms. The fourth-order valence-electron chi connectivity index (χ4n) is 2.66. The van der Waals surface area contributed by atoms with Crippen LogP contribution in [-0.2, 0) is 0 Å². The summed E-state index contributed by atoms with van der Waals surface area (Å²) in [7, 11) is 0. The maximum Gasteiger partial charge on any atom is 0.343 e. The van der Waals surface area contributed by atoms with Crippen LogP contribution in [0.25, 0.3) is 0 Å². The van der Waals surface area contributed by atoms with E-state index in [9.17, 15) is 14.7 Å². The number of carbonyl (C=O) groups is 2. The second-order valence-electron chi connectivity index (χ2n) is 6.51. The van der Waals surface area contributed by atoms with Gasteiger partial charge in [0.05, 0.1) is 23.8 Å². The summed E-state index contributed by atoms with van der Waals surface area (Å²) in [6.07, 6.45) is -0.593. The molecular formula is C24H22O6. The first-order valence-corrected chi connectivity index (χ1v) is 9.51. The van der Waals surface area contributed by atoms with Gasteiger partial charge in [-0.1, -0.05) is 12.1 Å². The predicted molar refractivity (Wildman–Crippen MR) is 111 cm³/mol. The van der Waals surface area contributed by atoms with Crippen LogP contribution in [0.5, 0.6) is 17.2 Å². The Morgan fingerprint density at radius 2 is 1.13 bits per heavy atom. The van der Waals surface area contributed by atoms with E-state index in [-0.39, 0.29) is 0 Å². The third-order valence-corrected chi connectivity index (χ3v) is 4.27. The molecule has 0 aliphatic rings. The highest BCUT2D eigenvalue weighted by Gasteiger charge is 2.13. The predicted octanol–water partition coefficient (Wildman–Crippen LogP) is 4.58. The molecule has 3 aromatic rings. The first-order chi connectivity index (χ1) is 14.5. The largest absolute Gasteiger partial charge is 0.494 e. The number of carbonyl (C=O) groups excluding carboxylic acids is 2. The van der Waals surface area contributed by atoms with Crippen molar-refractivity contribution in [2.45, 2.75) is 20.0 Å². The summed E-state index contributed by atoms with van der Waals surface area (Å²) in [6, 6.07) is 19.4. The number of aliphatic hydroxyl groups excluding tert-OH is 1. The molecule has 1 N–H and O–H groups in total. The molecule has 0 saturated carbocycles. The molecule has 1 atom stereocenters. The van der Waals surface area contributed by atoms with E-state index in [4.69, 9.17) is 14.2 Å². The number of esters is 2. The summed E-state index contributed by atoms with van der Waals surface area (Å²) in [6.45, 7) is 4.10. The van der Waals surface area contributed by atoms with E-state index in [2.05, 4.69) is 0 Å². The van der Waals surface area contributed by atoms with Crippen LogP contribution in [0, 0.1) is 0 Å². The number of benzene rings is 3. The molecule has 0 heterocycles. The van der Waals surface area contributed by atoms with E-state index >= 15 is 0 Å². The monoisotopic (exact) mass is 406 g/mol. The molecule has 3 aromatic carbocycles. The number of hydrogen-bond acceptors (Lipinski definition) is 6. The van der Waals surface area contributed by atoms with Crippen LogP contribution < -0.4 is 14.2 Å². The van der Waals surface area contributed by atoms with Gasteiger partial charge in [-0.3, -0.25) is 0 Å². The van der Waals surface area contributed by atoms with E-state index in [1.165, 1.54) is 24.3 Å². The van der Waals surface area contributed by atoms with Gasteiger partial charge in [-0.2, -0.15) is 0 Å². The molecule has 1 unspecified atom stereocenters. The van der Waals surface area contributed by atoms with Crippen molar-refractivity contribution in [1.29, 1.82) is 0 Å². The van der Waals surface area contributed by atoms with E-state index in [1.807, 2.05) is 6.92 Å². The Morgan fingerprint density at radius 3 is 1.53 bits per heavy atom. The van der Waals surface area contributed by atoms with Gasteiger partial charge in [-0.05, 0) is 80.1 Å². The average Bonchev–Trinajstić information content (AvgIpc) is 2.75. The summed E-state index contributed by atoms with van der Waals surface area (Å²) < 4.78 is 16.0. The third kappa shape index (κ3) is 5.46. The second-order valence-corrected chi connectivity index (χ2v) is 6.51. The lowest BCUT2D eigenvalue weighted by molar-refractivity contribution is 0.0720. The quantitative estimate of drug-likeness (QED) is 0.457. The lowest BCUT2D eigenvalue weighted by Crippen LogP contribution is -2.11. The lowest BCUT2D eigenvalue weighted by Gasteiger charge is -2.08. The molecular weight excluding hydrogens is 384 g/mol. The zero-order chi connectivity index (χ0) is 21.5. The van der Waals surface area contributed by atoms with Gasteiger partial charge in [0.1, 0.15) is 17.2 Å². The summed E-state index contributed by atoms with van der Waals surface area (Å²) >= 11 is 0. The van der Waals surface area contributed by atoms with E-state index in [1.54, 1.807) is 55.5 Å². The molecule has 0 aromatic heterocycles. The molecule has 0 fully saturated rings. The minimum atomic E-state index is -0.593. The van der Waals surface area contributed by atoms with Crippen LogP contribution in [0.4, 0.5) is 0 Å². The van der Waals surface area contributed by atoms with Crippen LogP contribution >= 0.6 is 0 Å². The van der Waals surface area contributed by atoms with Crippen molar-refractivity contribution < 1.29 is 28.9 Å². The van der Waals surface area contributed by atoms with Crippen LogP contribution in [0.2, 0.25) is 0 Å². The van der Waals surface area contributed by atoms with Gasteiger partial charge in [0.2, 0.25) is 0 Å². The van der Waals surface area contributed by atoms with Crippen molar-refractivity contribution in [3.8, 4) is 17.2 Å². The maximum atomic E-state index is 12.3. The summed E-state index contributed by atoms with van der Waals surface area (Å²) in [5, 5.41) is 9.52. The molecule has 3 rings (SSSR count). The van der Waals surface area contributed by atoms with Gasteiger partial charge in [-0.15, -0.1) is 0 Å². The zero-order valence-corrected chi connectivity index (χ0v) is 16.7. The van der Waals surface area contributed by atoms with Gasteiger partial charge in [-0.25, -0.2) is 9.59 Å². The van der Waals surface area contributed by atoms with Gasteiger partial charge in [0.25, 0.3) is 0 Å². The smallest absolute Gasteiger partial charge is 0.343 e. The zero-order valence-electron chi connectivity index (χ0n) is 16.7. The molecule has 0 aliphatic heterocycles.